The van der Waals surface area contributed by atoms with Gasteiger partial charge in [0.2, 0.25) is 0 Å². The van der Waals surface area contributed by atoms with Crippen molar-refractivity contribution in [3.63, 3.8) is 0 Å². The Morgan fingerprint density at radius 2 is 1.43 bits per heavy atom. The van der Waals surface area contributed by atoms with E-state index in [1.165, 1.54) is 16.7 Å². The van der Waals surface area contributed by atoms with Gasteiger partial charge in [-0.05, 0) is 0 Å². The smallest absolute Gasteiger partial charge is 1.00 e. The summed E-state index contributed by atoms with van der Waals surface area (Å²) >= 11 is 0. The van der Waals surface area contributed by atoms with Crippen molar-refractivity contribution in [1.29, 1.82) is 0 Å². The minimum Gasteiger partial charge on any atom is -1.00 e. The number of allylic oxidation sites excluding steroid dienone is 4. The standard InChI is InChI=1S/C9H13.C2H5.2ClH.Zr/c1-6-5-7(2)9(4)8(6)3;1-2;;;/h6H,1-4H3;1H2,2H3;2*1H;/q2*-1;;;+2/p-2. The van der Waals surface area contributed by atoms with Crippen molar-refractivity contribution in [2.45, 2.75) is 34.6 Å². The minimum atomic E-state index is 0. The molecule has 0 aromatic heterocycles. The third kappa shape index (κ3) is 6.43. The van der Waals surface area contributed by atoms with Crippen molar-refractivity contribution in [2.24, 2.45) is 5.92 Å². The summed E-state index contributed by atoms with van der Waals surface area (Å²) in [6, 6.07) is 0. The summed E-state index contributed by atoms with van der Waals surface area (Å²) < 4.78 is 0. The Hall–Kier alpha value is 0.943. The van der Waals surface area contributed by atoms with Crippen molar-refractivity contribution in [3.05, 3.63) is 29.7 Å². The van der Waals surface area contributed by atoms with Crippen molar-refractivity contribution >= 4 is 0 Å². The average molecular weight is 312 g/mol. The first-order valence-corrected chi connectivity index (χ1v) is 4.11. The van der Waals surface area contributed by atoms with Gasteiger partial charge in [0.05, 0.1) is 0 Å². The van der Waals surface area contributed by atoms with Crippen LogP contribution >= 0.6 is 0 Å². The molecule has 0 aromatic rings. The summed E-state index contributed by atoms with van der Waals surface area (Å²) in [5.74, 6) is 0.560. The van der Waals surface area contributed by atoms with E-state index in [-0.39, 0.29) is 51.0 Å². The molecule has 0 N–H and O–H groups in total. The van der Waals surface area contributed by atoms with Crippen LogP contribution < -0.4 is 24.8 Å². The summed E-state index contributed by atoms with van der Waals surface area (Å²) in [6.45, 7) is 13.7. The summed E-state index contributed by atoms with van der Waals surface area (Å²) in [6.07, 6.45) is 3.36. The van der Waals surface area contributed by atoms with Crippen LogP contribution in [0.2, 0.25) is 0 Å². The van der Waals surface area contributed by atoms with Crippen LogP contribution in [0.4, 0.5) is 0 Å². The van der Waals surface area contributed by atoms with E-state index in [0.717, 1.165) is 0 Å². The Morgan fingerprint density at radius 1 is 1.07 bits per heavy atom. The zero-order valence-electron chi connectivity index (χ0n) is 9.54. The van der Waals surface area contributed by atoms with Gasteiger partial charge in [0.25, 0.3) is 0 Å². The number of rotatable bonds is 0. The monoisotopic (exact) mass is 310 g/mol. The first kappa shape index (κ1) is 24.3. The fourth-order valence-electron chi connectivity index (χ4n) is 1.16. The molecule has 0 amide bonds. The molecule has 0 saturated carbocycles. The molecule has 1 rings (SSSR count). The van der Waals surface area contributed by atoms with Crippen LogP contribution in [0.1, 0.15) is 34.6 Å². The summed E-state index contributed by atoms with van der Waals surface area (Å²) in [5.41, 5.74) is 4.25. The quantitative estimate of drug-likeness (QED) is 0.436. The second-order valence-electron chi connectivity index (χ2n) is 2.80. The van der Waals surface area contributed by atoms with E-state index < -0.39 is 0 Å². The van der Waals surface area contributed by atoms with Gasteiger partial charge in [0, 0.05) is 0 Å². The van der Waals surface area contributed by atoms with E-state index in [2.05, 4.69) is 40.7 Å². The molecule has 0 spiro atoms. The molecule has 1 aliphatic carbocycles. The molecular weight excluding hydrogens is 294 g/mol. The van der Waals surface area contributed by atoms with Crippen molar-refractivity contribution in [2.75, 3.05) is 0 Å². The normalized spacial score (nSPS) is 17.9. The van der Waals surface area contributed by atoms with Gasteiger partial charge in [-0.3, -0.25) is 6.08 Å². The van der Waals surface area contributed by atoms with Gasteiger partial charge in [0.15, 0.2) is 0 Å². The molecule has 0 aromatic carbocycles. The Bertz CT molecular complexity index is 195. The molecule has 0 aliphatic heterocycles. The molecule has 1 atom stereocenters. The van der Waals surface area contributed by atoms with E-state index in [0.29, 0.717) is 5.92 Å². The first-order valence-electron chi connectivity index (χ1n) is 4.11. The molecule has 0 fully saturated rings. The number of hydrogen-bond acceptors (Lipinski definition) is 0. The third-order valence-electron chi connectivity index (χ3n) is 2.24. The van der Waals surface area contributed by atoms with Gasteiger partial charge in [0.1, 0.15) is 0 Å². The molecule has 14 heavy (non-hydrogen) atoms. The van der Waals surface area contributed by atoms with Crippen molar-refractivity contribution in [1.82, 2.24) is 0 Å². The minimum absolute atomic E-state index is 0. The SMILES string of the molecule is CC1=[C-]C(C)C(C)=C1C.[CH2-]C.[Cl-].[Cl-].[Zr+2]. The number of halogens is 2. The topological polar surface area (TPSA) is 0 Å². The molecule has 1 unspecified atom stereocenters. The van der Waals surface area contributed by atoms with Gasteiger partial charge in [-0.1, -0.05) is 26.7 Å². The fourth-order valence-corrected chi connectivity index (χ4v) is 1.16. The molecule has 82 valence electrons. The maximum Gasteiger partial charge on any atom is 2.00 e. The Balaban J connectivity index is -0.0000000942. The van der Waals surface area contributed by atoms with Crippen molar-refractivity contribution in [3.8, 4) is 0 Å². The maximum absolute atomic E-state index is 3.36. The Kier molecular flexibility index (Phi) is 20.8. The molecule has 0 radical (unpaired) electrons. The third-order valence-corrected chi connectivity index (χ3v) is 2.24. The molecule has 0 saturated heterocycles. The largest absolute Gasteiger partial charge is 2.00 e. The van der Waals surface area contributed by atoms with Gasteiger partial charge in [-0.25, -0.2) is 5.57 Å². The van der Waals surface area contributed by atoms with E-state index in [1.54, 1.807) is 6.92 Å². The van der Waals surface area contributed by atoms with Gasteiger partial charge < -0.3 is 31.7 Å². The van der Waals surface area contributed by atoms with E-state index in [4.69, 9.17) is 0 Å². The molecular formula is C11H18Cl2Zr-2. The number of hydrogen-bond donors (Lipinski definition) is 0. The van der Waals surface area contributed by atoms with Crippen LogP contribution in [-0.2, 0) is 26.2 Å². The maximum atomic E-state index is 3.36. The predicted molar refractivity (Wildman–Crippen MR) is 51.0 cm³/mol. The Morgan fingerprint density at radius 3 is 1.50 bits per heavy atom. The predicted octanol–water partition coefficient (Wildman–Crippen LogP) is -2.43. The molecule has 0 nitrogen and oxygen atoms in total. The van der Waals surface area contributed by atoms with E-state index in [1.807, 2.05) is 0 Å². The second-order valence-corrected chi connectivity index (χ2v) is 2.80. The van der Waals surface area contributed by atoms with Gasteiger partial charge >= 0.3 is 26.2 Å². The van der Waals surface area contributed by atoms with Crippen LogP contribution in [0.25, 0.3) is 0 Å². The summed E-state index contributed by atoms with van der Waals surface area (Å²) in [4.78, 5) is 0. The molecule has 0 bridgehead atoms. The van der Waals surface area contributed by atoms with E-state index in [9.17, 15) is 0 Å². The van der Waals surface area contributed by atoms with Gasteiger partial charge in [-0.15, -0.1) is 6.92 Å². The summed E-state index contributed by atoms with van der Waals surface area (Å²) in [5, 5.41) is 0. The second kappa shape index (κ2) is 12.0. The van der Waals surface area contributed by atoms with Crippen LogP contribution in [0.5, 0.6) is 0 Å². The van der Waals surface area contributed by atoms with Crippen molar-refractivity contribution < 1.29 is 51.0 Å². The zero-order valence-corrected chi connectivity index (χ0v) is 13.5. The van der Waals surface area contributed by atoms with Crippen LogP contribution in [0.15, 0.2) is 16.7 Å². The molecule has 1 aliphatic rings. The van der Waals surface area contributed by atoms with Crippen LogP contribution in [-0.4, -0.2) is 0 Å². The molecule has 3 heteroatoms. The fraction of sp³-hybridized carbons (Fsp3) is 0.545. The zero-order chi connectivity index (χ0) is 9.02. The van der Waals surface area contributed by atoms with Gasteiger partial charge in [-0.2, -0.15) is 18.1 Å². The molecule has 0 heterocycles. The van der Waals surface area contributed by atoms with Crippen LogP contribution in [0.3, 0.4) is 0 Å². The Labute approximate surface area is 121 Å². The summed E-state index contributed by atoms with van der Waals surface area (Å²) in [7, 11) is 0. The van der Waals surface area contributed by atoms with Crippen LogP contribution in [0, 0.1) is 18.9 Å². The van der Waals surface area contributed by atoms with E-state index >= 15 is 0 Å². The average Bonchev–Trinajstić information content (AvgIpc) is 2.22. The first-order chi connectivity index (χ1) is 5.13.